The number of amides is 2. The number of halogens is 2. The summed E-state index contributed by atoms with van der Waals surface area (Å²) in [6.07, 6.45) is 0. The highest BCUT2D eigenvalue weighted by Gasteiger charge is 2.06. The third-order valence-corrected chi connectivity index (χ3v) is 4.35. The van der Waals surface area contributed by atoms with Crippen molar-refractivity contribution in [1.29, 1.82) is 0 Å². The van der Waals surface area contributed by atoms with Crippen molar-refractivity contribution < 1.29 is 9.18 Å². The summed E-state index contributed by atoms with van der Waals surface area (Å²) >= 11 is 5.91. The highest BCUT2D eigenvalue weighted by molar-refractivity contribution is 6.30. The molecule has 4 aromatic rings. The number of aromatic amines is 1. The summed E-state index contributed by atoms with van der Waals surface area (Å²) in [5.41, 5.74) is 3.95. The second-order valence-corrected chi connectivity index (χ2v) is 6.52. The van der Waals surface area contributed by atoms with Gasteiger partial charge in [-0.2, -0.15) is 0 Å². The Morgan fingerprint density at radius 1 is 0.889 bits per heavy atom. The number of aromatic nitrogens is 1. The number of hydrogen-bond donors (Lipinski definition) is 3. The zero-order chi connectivity index (χ0) is 18.8. The molecule has 0 saturated heterocycles. The van der Waals surface area contributed by atoms with E-state index in [0.29, 0.717) is 16.4 Å². The number of H-pyrrole nitrogens is 1. The van der Waals surface area contributed by atoms with E-state index in [1.165, 1.54) is 12.1 Å². The van der Waals surface area contributed by atoms with Gasteiger partial charge < -0.3 is 15.6 Å². The average molecular weight is 380 g/mol. The van der Waals surface area contributed by atoms with Crippen molar-refractivity contribution in [2.75, 3.05) is 10.6 Å². The maximum absolute atomic E-state index is 13.3. The van der Waals surface area contributed by atoms with E-state index < -0.39 is 0 Å². The molecule has 27 heavy (non-hydrogen) atoms. The van der Waals surface area contributed by atoms with Crippen LogP contribution in [0.15, 0.2) is 72.8 Å². The summed E-state index contributed by atoms with van der Waals surface area (Å²) < 4.78 is 13.3. The Hall–Kier alpha value is -3.31. The van der Waals surface area contributed by atoms with Gasteiger partial charge in [0.15, 0.2) is 0 Å². The van der Waals surface area contributed by atoms with Gasteiger partial charge in [0, 0.05) is 33.0 Å². The molecule has 0 fully saturated rings. The summed E-state index contributed by atoms with van der Waals surface area (Å²) in [5, 5.41) is 6.86. The van der Waals surface area contributed by atoms with E-state index in [0.717, 1.165) is 22.2 Å². The van der Waals surface area contributed by atoms with Crippen LogP contribution in [-0.4, -0.2) is 11.0 Å². The van der Waals surface area contributed by atoms with Crippen LogP contribution in [0.2, 0.25) is 5.02 Å². The first-order valence-corrected chi connectivity index (χ1v) is 8.67. The Morgan fingerprint density at radius 2 is 1.67 bits per heavy atom. The molecule has 1 aromatic heterocycles. The monoisotopic (exact) mass is 379 g/mol. The number of rotatable bonds is 3. The second-order valence-electron chi connectivity index (χ2n) is 6.08. The Morgan fingerprint density at radius 3 is 2.44 bits per heavy atom. The van der Waals surface area contributed by atoms with E-state index in [1.54, 1.807) is 42.5 Å². The van der Waals surface area contributed by atoms with Crippen LogP contribution >= 0.6 is 11.6 Å². The van der Waals surface area contributed by atoms with E-state index in [1.807, 2.05) is 18.2 Å². The fourth-order valence-electron chi connectivity index (χ4n) is 2.85. The third kappa shape index (κ3) is 3.93. The molecule has 1 heterocycles. The molecule has 0 bridgehead atoms. The summed E-state index contributed by atoms with van der Waals surface area (Å²) in [5.74, 6) is -0.265. The Balaban J connectivity index is 1.47. The summed E-state index contributed by atoms with van der Waals surface area (Å²) in [7, 11) is 0. The van der Waals surface area contributed by atoms with Crippen LogP contribution < -0.4 is 10.6 Å². The number of urea groups is 1. The number of hydrogen-bond acceptors (Lipinski definition) is 1. The predicted octanol–water partition coefficient (Wildman–Crippen LogP) is 6.27. The minimum Gasteiger partial charge on any atom is -0.355 e. The molecular weight excluding hydrogens is 365 g/mol. The van der Waals surface area contributed by atoms with Crippen LogP contribution in [0.3, 0.4) is 0 Å². The summed E-state index contributed by atoms with van der Waals surface area (Å²) in [6, 6.07) is 20.5. The van der Waals surface area contributed by atoms with E-state index in [2.05, 4.69) is 15.6 Å². The highest BCUT2D eigenvalue weighted by atomic mass is 35.5. The van der Waals surface area contributed by atoms with Crippen LogP contribution in [0.4, 0.5) is 20.6 Å². The van der Waals surface area contributed by atoms with Gasteiger partial charge in [-0.15, -0.1) is 0 Å². The molecule has 6 heteroatoms. The Kier molecular flexibility index (Phi) is 4.52. The normalized spacial score (nSPS) is 10.7. The fourth-order valence-corrected chi connectivity index (χ4v) is 3.04. The van der Waals surface area contributed by atoms with Crippen molar-refractivity contribution in [2.24, 2.45) is 0 Å². The molecule has 3 aromatic carbocycles. The first-order chi connectivity index (χ1) is 13.1. The molecule has 0 aliphatic heterocycles. The molecular formula is C21H15ClFN3O. The van der Waals surface area contributed by atoms with E-state index in [-0.39, 0.29) is 11.8 Å². The summed E-state index contributed by atoms with van der Waals surface area (Å²) in [6.45, 7) is 0. The SMILES string of the molecule is O=C(Nc1ccc(-c2cc3cc(F)ccc3[nH]2)cc1)Nc1cccc(Cl)c1. The molecule has 0 atom stereocenters. The van der Waals surface area contributed by atoms with Gasteiger partial charge >= 0.3 is 6.03 Å². The van der Waals surface area contributed by atoms with Gasteiger partial charge in [0.2, 0.25) is 0 Å². The second kappa shape index (κ2) is 7.13. The molecule has 3 N–H and O–H groups in total. The standard InChI is InChI=1S/C21H15ClFN3O/c22-15-2-1-3-18(12-15)25-21(27)24-17-7-4-13(5-8-17)20-11-14-10-16(23)6-9-19(14)26-20/h1-12,26H,(H2,24,25,27). The van der Waals surface area contributed by atoms with Gasteiger partial charge in [0.25, 0.3) is 0 Å². The number of carbonyl (C=O) groups excluding carboxylic acids is 1. The lowest BCUT2D eigenvalue weighted by molar-refractivity contribution is 0.262. The summed E-state index contributed by atoms with van der Waals surface area (Å²) in [4.78, 5) is 15.3. The molecule has 4 nitrogen and oxygen atoms in total. The van der Waals surface area contributed by atoms with Crippen LogP contribution in [0, 0.1) is 5.82 Å². The van der Waals surface area contributed by atoms with Crippen molar-refractivity contribution >= 4 is 39.9 Å². The van der Waals surface area contributed by atoms with E-state index in [9.17, 15) is 9.18 Å². The molecule has 0 unspecified atom stereocenters. The van der Waals surface area contributed by atoms with Crippen molar-refractivity contribution in [3.63, 3.8) is 0 Å². The lowest BCUT2D eigenvalue weighted by Crippen LogP contribution is -2.19. The van der Waals surface area contributed by atoms with Crippen LogP contribution in [-0.2, 0) is 0 Å². The molecule has 0 radical (unpaired) electrons. The molecule has 0 spiro atoms. The van der Waals surface area contributed by atoms with Gasteiger partial charge in [0.05, 0.1) is 0 Å². The number of anilines is 2. The number of carbonyl (C=O) groups is 1. The van der Waals surface area contributed by atoms with Crippen molar-refractivity contribution in [3.8, 4) is 11.3 Å². The maximum Gasteiger partial charge on any atom is 0.323 e. The largest absolute Gasteiger partial charge is 0.355 e. The topological polar surface area (TPSA) is 56.9 Å². The van der Waals surface area contributed by atoms with Gasteiger partial charge in [-0.1, -0.05) is 29.8 Å². The first kappa shape index (κ1) is 17.1. The van der Waals surface area contributed by atoms with E-state index >= 15 is 0 Å². The minimum absolute atomic E-state index is 0.265. The molecule has 0 aliphatic carbocycles. The van der Waals surface area contributed by atoms with Crippen LogP contribution in [0.25, 0.3) is 22.2 Å². The zero-order valence-electron chi connectivity index (χ0n) is 14.1. The first-order valence-electron chi connectivity index (χ1n) is 8.29. The van der Waals surface area contributed by atoms with Crippen molar-refractivity contribution in [2.45, 2.75) is 0 Å². The number of fused-ring (bicyclic) bond motifs is 1. The molecule has 4 rings (SSSR count). The number of benzene rings is 3. The van der Waals surface area contributed by atoms with Crippen molar-refractivity contribution in [1.82, 2.24) is 4.98 Å². The Bertz CT molecular complexity index is 1120. The van der Waals surface area contributed by atoms with Gasteiger partial charge in [-0.05, 0) is 60.2 Å². The van der Waals surface area contributed by atoms with Gasteiger partial charge in [-0.25, -0.2) is 9.18 Å². The fraction of sp³-hybridized carbons (Fsp3) is 0. The Labute approximate surface area is 160 Å². The molecule has 134 valence electrons. The molecule has 0 saturated carbocycles. The lowest BCUT2D eigenvalue weighted by atomic mass is 10.1. The van der Waals surface area contributed by atoms with Crippen molar-refractivity contribution in [3.05, 3.63) is 83.6 Å². The lowest BCUT2D eigenvalue weighted by Gasteiger charge is -2.08. The zero-order valence-corrected chi connectivity index (χ0v) is 14.8. The molecule has 0 aliphatic rings. The van der Waals surface area contributed by atoms with Gasteiger partial charge in [-0.3, -0.25) is 0 Å². The van der Waals surface area contributed by atoms with Gasteiger partial charge in [0.1, 0.15) is 5.82 Å². The minimum atomic E-state index is -0.355. The number of nitrogens with one attached hydrogen (secondary N) is 3. The average Bonchev–Trinajstić information content (AvgIpc) is 3.05. The maximum atomic E-state index is 13.3. The highest BCUT2D eigenvalue weighted by Crippen LogP contribution is 2.26. The quantitative estimate of drug-likeness (QED) is 0.386. The third-order valence-electron chi connectivity index (χ3n) is 4.12. The van der Waals surface area contributed by atoms with Crippen LogP contribution in [0.5, 0.6) is 0 Å². The van der Waals surface area contributed by atoms with E-state index in [4.69, 9.17) is 11.6 Å². The van der Waals surface area contributed by atoms with Crippen LogP contribution in [0.1, 0.15) is 0 Å². The smallest absolute Gasteiger partial charge is 0.323 e. The predicted molar refractivity (Wildman–Crippen MR) is 108 cm³/mol. The molecule has 2 amide bonds.